The lowest BCUT2D eigenvalue weighted by molar-refractivity contribution is 0.617. The molecular formula is C10H7BrClFN2. The predicted molar refractivity (Wildman–Crippen MR) is 60.8 cm³/mol. The molecule has 0 saturated carbocycles. The first-order valence-electron chi connectivity index (χ1n) is 4.25. The molecule has 2 nitrogen and oxygen atoms in total. The molecule has 0 aliphatic heterocycles. The van der Waals surface area contributed by atoms with Gasteiger partial charge in [0.2, 0.25) is 0 Å². The molecule has 5 heteroatoms. The Morgan fingerprint density at radius 1 is 1.47 bits per heavy atom. The van der Waals surface area contributed by atoms with Gasteiger partial charge in [0, 0.05) is 10.7 Å². The zero-order valence-corrected chi connectivity index (χ0v) is 9.96. The number of alkyl halides is 1. The van der Waals surface area contributed by atoms with Gasteiger partial charge >= 0.3 is 0 Å². The van der Waals surface area contributed by atoms with E-state index in [0.29, 0.717) is 11.6 Å². The monoisotopic (exact) mass is 288 g/mol. The molecule has 0 N–H and O–H groups in total. The summed E-state index contributed by atoms with van der Waals surface area (Å²) in [6, 6.07) is 4.74. The average molecular weight is 290 g/mol. The fourth-order valence-corrected chi connectivity index (χ4v) is 1.74. The van der Waals surface area contributed by atoms with Crippen molar-refractivity contribution in [2.45, 2.75) is 5.88 Å². The molecule has 0 amide bonds. The number of halogens is 3. The Labute approximate surface area is 99.8 Å². The summed E-state index contributed by atoms with van der Waals surface area (Å²) in [5.41, 5.74) is 1.17. The van der Waals surface area contributed by atoms with Crippen LogP contribution in [0.1, 0.15) is 5.69 Å². The molecule has 1 aromatic heterocycles. The number of benzene rings is 1. The minimum absolute atomic E-state index is 0.295. The van der Waals surface area contributed by atoms with Crippen molar-refractivity contribution in [2.75, 3.05) is 0 Å². The van der Waals surface area contributed by atoms with E-state index >= 15 is 0 Å². The predicted octanol–water partition coefficient (Wildman–Crippen LogP) is 3.51. The lowest BCUT2D eigenvalue weighted by atomic mass is 10.3. The van der Waals surface area contributed by atoms with Crippen LogP contribution in [-0.2, 0) is 5.88 Å². The largest absolute Gasteiger partial charge is 0.303 e. The summed E-state index contributed by atoms with van der Waals surface area (Å²) in [5.74, 6) is 0.0273. The van der Waals surface area contributed by atoms with Gasteiger partial charge in [0.25, 0.3) is 0 Å². The van der Waals surface area contributed by atoms with E-state index in [1.54, 1.807) is 29.2 Å². The minimum atomic E-state index is -0.295. The van der Waals surface area contributed by atoms with E-state index in [4.69, 9.17) is 11.6 Å². The molecule has 78 valence electrons. The molecule has 0 bridgehead atoms. The number of hydrogen-bond acceptors (Lipinski definition) is 1. The molecule has 2 rings (SSSR count). The van der Waals surface area contributed by atoms with Crippen LogP contribution in [0.4, 0.5) is 4.39 Å². The van der Waals surface area contributed by atoms with Gasteiger partial charge in [-0.2, -0.15) is 0 Å². The van der Waals surface area contributed by atoms with Crippen molar-refractivity contribution in [1.82, 2.24) is 9.55 Å². The highest BCUT2D eigenvalue weighted by molar-refractivity contribution is 9.10. The van der Waals surface area contributed by atoms with E-state index in [9.17, 15) is 4.39 Å². The van der Waals surface area contributed by atoms with Crippen LogP contribution in [0, 0.1) is 5.82 Å². The van der Waals surface area contributed by atoms with Crippen LogP contribution in [-0.4, -0.2) is 9.55 Å². The lowest BCUT2D eigenvalue weighted by Crippen LogP contribution is -1.94. The Bertz CT molecular complexity index is 484. The number of rotatable bonds is 2. The van der Waals surface area contributed by atoms with Crippen LogP contribution >= 0.6 is 27.5 Å². The van der Waals surface area contributed by atoms with Crippen molar-refractivity contribution in [3.05, 3.63) is 46.7 Å². The molecule has 0 fully saturated rings. The second-order valence-corrected chi connectivity index (χ2v) is 4.18. The van der Waals surface area contributed by atoms with Gasteiger partial charge < -0.3 is 4.57 Å². The third-order valence-electron chi connectivity index (χ3n) is 1.96. The van der Waals surface area contributed by atoms with Crippen molar-refractivity contribution < 1.29 is 4.39 Å². The second kappa shape index (κ2) is 4.33. The molecule has 0 spiro atoms. The SMILES string of the molecule is Fc1ccc(Br)cc1-n1cnc(CCl)c1. The summed E-state index contributed by atoms with van der Waals surface area (Å²) in [5, 5.41) is 0. The zero-order valence-electron chi connectivity index (χ0n) is 7.62. The molecule has 0 aliphatic rings. The smallest absolute Gasteiger partial charge is 0.147 e. The highest BCUT2D eigenvalue weighted by atomic mass is 79.9. The minimum Gasteiger partial charge on any atom is -0.303 e. The summed E-state index contributed by atoms with van der Waals surface area (Å²) in [4.78, 5) is 4.03. The lowest BCUT2D eigenvalue weighted by Gasteiger charge is -2.03. The number of hydrogen-bond donors (Lipinski definition) is 0. The van der Waals surface area contributed by atoms with Gasteiger partial charge in [0.1, 0.15) is 5.82 Å². The standard InChI is InChI=1S/C10H7BrClFN2/c11-7-1-2-9(13)10(3-7)15-5-8(4-12)14-6-15/h1-3,5-6H,4H2. The van der Waals surface area contributed by atoms with Gasteiger partial charge in [-0.25, -0.2) is 9.37 Å². The van der Waals surface area contributed by atoms with Crippen molar-refractivity contribution in [3.8, 4) is 5.69 Å². The van der Waals surface area contributed by atoms with Crippen LogP contribution in [0.5, 0.6) is 0 Å². The van der Waals surface area contributed by atoms with Gasteiger partial charge in [-0.05, 0) is 18.2 Å². The molecule has 0 radical (unpaired) electrons. The van der Waals surface area contributed by atoms with Crippen molar-refractivity contribution in [3.63, 3.8) is 0 Å². The quantitative estimate of drug-likeness (QED) is 0.774. The van der Waals surface area contributed by atoms with Crippen LogP contribution in [0.3, 0.4) is 0 Å². The second-order valence-electron chi connectivity index (χ2n) is 3.00. The first-order chi connectivity index (χ1) is 7.20. The zero-order chi connectivity index (χ0) is 10.8. The average Bonchev–Trinajstić information content (AvgIpc) is 2.70. The summed E-state index contributed by atoms with van der Waals surface area (Å²) in [7, 11) is 0. The van der Waals surface area contributed by atoms with Gasteiger partial charge in [0.15, 0.2) is 0 Å². The maximum absolute atomic E-state index is 13.5. The van der Waals surface area contributed by atoms with Gasteiger partial charge in [0.05, 0.1) is 23.6 Å². The van der Waals surface area contributed by atoms with E-state index in [1.165, 1.54) is 6.07 Å². The van der Waals surface area contributed by atoms with Crippen LogP contribution in [0.2, 0.25) is 0 Å². The normalized spacial score (nSPS) is 10.6. The molecule has 1 heterocycles. The van der Waals surface area contributed by atoms with Gasteiger partial charge in [-0.15, -0.1) is 11.6 Å². The summed E-state index contributed by atoms with van der Waals surface area (Å²) in [6.45, 7) is 0. The molecule has 0 saturated heterocycles. The third-order valence-corrected chi connectivity index (χ3v) is 2.73. The number of aromatic nitrogens is 2. The maximum Gasteiger partial charge on any atom is 0.147 e. The molecule has 0 unspecified atom stereocenters. The van der Waals surface area contributed by atoms with Crippen LogP contribution in [0.25, 0.3) is 5.69 Å². The first-order valence-corrected chi connectivity index (χ1v) is 5.57. The first kappa shape index (κ1) is 10.6. The van der Waals surface area contributed by atoms with E-state index < -0.39 is 0 Å². The molecule has 15 heavy (non-hydrogen) atoms. The van der Waals surface area contributed by atoms with Gasteiger partial charge in [-0.1, -0.05) is 15.9 Å². The summed E-state index contributed by atoms with van der Waals surface area (Å²) in [6.07, 6.45) is 3.25. The van der Waals surface area contributed by atoms with E-state index in [1.807, 2.05) is 0 Å². The summed E-state index contributed by atoms with van der Waals surface area (Å²) >= 11 is 8.91. The van der Waals surface area contributed by atoms with Crippen molar-refractivity contribution in [1.29, 1.82) is 0 Å². The van der Waals surface area contributed by atoms with Crippen LogP contribution in [0.15, 0.2) is 35.2 Å². The molecule has 0 aliphatic carbocycles. The topological polar surface area (TPSA) is 17.8 Å². The Hall–Kier alpha value is -0.870. The molecule has 1 aromatic carbocycles. The number of nitrogens with zero attached hydrogens (tertiary/aromatic N) is 2. The fraction of sp³-hybridized carbons (Fsp3) is 0.100. The molecule has 0 atom stereocenters. The Balaban J connectivity index is 2.48. The molecular weight excluding hydrogens is 282 g/mol. The van der Waals surface area contributed by atoms with E-state index in [-0.39, 0.29) is 5.82 Å². The van der Waals surface area contributed by atoms with Crippen molar-refractivity contribution >= 4 is 27.5 Å². The fourth-order valence-electron chi connectivity index (χ4n) is 1.25. The van der Waals surface area contributed by atoms with Gasteiger partial charge in [-0.3, -0.25) is 0 Å². The summed E-state index contributed by atoms with van der Waals surface area (Å²) < 4.78 is 15.9. The van der Waals surface area contributed by atoms with Crippen LogP contribution < -0.4 is 0 Å². The Morgan fingerprint density at radius 3 is 2.93 bits per heavy atom. The number of imidazole rings is 1. The third kappa shape index (κ3) is 2.21. The highest BCUT2D eigenvalue weighted by Crippen LogP contribution is 2.19. The van der Waals surface area contributed by atoms with E-state index in [2.05, 4.69) is 20.9 Å². The molecule has 2 aromatic rings. The van der Waals surface area contributed by atoms with E-state index in [0.717, 1.165) is 10.2 Å². The Morgan fingerprint density at radius 2 is 2.27 bits per heavy atom. The maximum atomic E-state index is 13.5. The Kier molecular flexibility index (Phi) is 3.07. The van der Waals surface area contributed by atoms with Crippen molar-refractivity contribution in [2.24, 2.45) is 0 Å². The highest BCUT2D eigenvalue weighted by Gasteiger charge is 2.06.